The predicted octanol–water partition coefficient (Wildman–Crippen LogP) is 4.36. The van der Waals surface area contributed by atoms with Crippen molar-refractivity contribution in [2.45, 2.75) is 22.8 Å². The van der Waals surface area contributed by atoms with Crippen LogP contribution in [-0.4, -0.2) is 30.6 Å². The molecule has 3 nitrogen and oxygen atoms in total. The number of methoxy groups -OCH3 is 1. The second kappa shape index (κ2) is 10.4. The van der Waals surface area contributed by atoms with Gasteiger partial charge in [0.05, 0.1) is 12.4 Å². The lowest BCUT2D eigenvalue weighted by atomic mass is 10.2. The van der Waals surface area contributed by atoms with Crippen LogP contribution in [-0.2, 0) is 10.5 Å². The van der Waals surface area contributed by atoms with Crippen LogP contribution in [0.25, 0.3) is 0 Å². The van der Waals surface area contributed by atoms with Gasteiger partial charge < -0.3 is 10.1 Å². The molecule has 0 spiro atoms. The fraction of sp³-hybridized carbons (Fsp3) is 0.316. The van der Waals surface area contributed by atoms with Crippen LogP contribution in [0.4, 0.5) is 4.39 Å². The van der Waals surface area contributed by atoms with Crippen molar-refractivity contribution in [3.8, 4) is 5.75 Å². The van der Waals surface area contributed by atoms with Crippen molar-refractivity contribution in [3.63, 3.8) is 0 Å². The van der Waals surface area contributed by atoms with E-state index in [9.17, 15) is 9.18 Å². The molecule has 0 aliphatic rings. The Morgan fingerprint density at radius 2 is 1.92 bits per heavy atom. The van der Waals surface area contributed by atoms with E-state index in [2.05, 4.69) is 5.32 Å². The van der Waals surface area contributed by atoms with Crippen molar-refractivity contribution in [1.82, 2.24) is 5.32 Å². The van der Waals surface area contributed by atoms with Crippen LogP contribution in [0, 0.1) is 5.82 Å². The lowest BCUT2D eigenvalue weighted by molar-refractivity contribution is -0.120. The fourth-order valence-electron chi connectivity index (χ4n) is 2.10. The molecule has 0 saturated carbocycles. The number of hydrogen-bond donors (Lipinski definition) is 1. The number of carbonyl (C=O) groups is 1. The summed E-state index contributed by atoms with van der Waals surface area (Å²) < 4.78 is 18.6. The summed E-state index contributed by atoms with van der Waals surface area (Å²) in [6.07, 6.45) is 0. The Balaban J connectivity index is 1.66. The van der Waals surface area contributed by atoms with Gasteiger partial charge in [0.15, 0.2) is 0 Å². The Morgan fingerprint density at radius 1 is 1.20 bits per heavy atom. The molecule has 1 N–H and O–H groups in total. The van der Waals surface area contributed by atoms with E-state index in [-0.39, 0.29) is 17.0 Å². The van der Waals surface area contributed by atoms with Crippen molar-refractivity contribution in [1.29, 1.82) is 0 Å². The number of amides is 1. The van der Waals surface area contributed by atoms with Gasteiger partial charge >= 0.3 is 0 Å². The maximum absolute atomic E-state index is 13.5. The zero-order chi connectivity index (χ0) is 18.1. The summed E-state index contributed by atoms with van der Waals surface area (Å²) in [6, 6.07) is 14.4. The Hall–Kier alpha value is -1.66. The van der Waals surface area contributed by atoms with Crippen molar-refractivity contribution in [2.24, 2.45) is 0 Å². The minimum atomic E-state index is -0.177. The maximum Gasteiger partial charge on any atom is 0.233 e. The minimum absolute atomic E-state index is 0.00677. The molecule has 2 rings (SSSR count). The van der Waals surface area contributed by atoms with Crippen molar-refractivity contribution < 1.29 is 13.9 Å². The van der Waals surface area contributed by atoms with Crippen molar-refractivity contribution >= 4 is 29.4 Å². The van der Waals surface area contributed by atoms with Gasteiger partial charge in [-0.25, -0.2) is 4.39 Å². The SMILES string of the molecule is COc1ccc(SC(C)C(=O)NCCSCc2ccccc2F)cc1. The third-order valence-electron chi connectivity index (χ3n) is 3.50. The average molecular weight is 380 g/mol. The van der Waals surface area contributed by atoms with Gasteiger partial charge in [0.25, 0.3) is 0 Å². The van der Waals surface area contributed by atoms with E-state index in [4.69, 9.17) is 4.74 Å². The highest BCUT2D eigenvalue weighted by molar-refractivity contribution is 8.00. The second-order valence-electron chi connectivity index (χ2n) is 5.37. The number of thioether (sulfide) groups is 2. The summed E-state index contributed by atoms with van der Waals surface area (Å²) in [5.41, 5.74) is 0.697. The molecule has 2 aromatic rings. The summed E-state index contributed by atoms with van der Waals surface area (Å²) >= 11 is 3.12. The Morgan fingerprint density at radius 3 is 2.60 bits per heavy atom. The summed E-state index contributed by atoms with van der Waals surface area (Å²) in [6.45, 7) is 2.46. The summed E-state index contributed by atoms with van der Waals surface area (Å²) in [4.78, 5) is 13.2. The highest BCUT2D eigenvalue weighted by Gasteiger charge is 2.13. The van der Waals surface area contributed by atoms with Gasteiger partial charge in [0.2, 0.25) is 5.91 Å². The van der Waals surface area contributed by atoms with Gasteiger partial charge in [-0.1, -0.05) is 18.2 Å². The minimum Gasteiger partial charge on any atom is -0.497 e. The lowest BCUT2D eigenvalue weighted by Crippen LogP contribution is -2.32. The number of nitrogens with one attached hydrogen (secondary N) is 1. The molecule has 1 atom stereocenters. The summed E-state index contributed by atoms with van der Waals surface area (Å²) in [5, 5.41) is 2.75. The quantitative estimate of drug-likeness (QED) is 0.519. The second-order valence-corrected chi connectivity index (χ2v) is 7.89. The maximum atomic E-state index is 13.5. The molecule has 1 unspecified atom stereocenters. The third-order valence-corrected chi connectivity index (χ3v) is 5.62. The smallest absolute Gasteiger partial charge is 0.233 e. The fourth-order valence-corrected chi connectivity index (χ4v) is 3.84. The molecular formula is C19H22FNO2S2. The molecule has 6 heteroatoms. The first kappa shape index (κ1) is 19.7. The van der Waals surface area contributed by atoms with E-state index >= 15 is 0 Å². The van der Waals surface area contributed by atoms with Crippen LogP contribution in [0.2, 0.25) is 0 Å². The largest absolute Gasteiger partial charge is 0.497 e. The first-order valence-electron chi connectivity index (χ1n) is 7.99. The van der Waals surface area contributed by atoms with Crippen molar-refractivity contribution in [2.75, 3.05) is 19.4 Å². The van der Waals surface area contributed by atoms with Gasteiger partial charge in [-0.05, 0) is 42.8 Å². The van der Waals surface area contributed by atoms with E-state index in [1.165, 1.54) is 17.8 Å². The number of carbonyl (C=O) groups excluding carboxylic acids is 1. The normalized spacial score (nSPS) is 11.8. The molecule has 0 heterocycles. The molecule has 0 aliphatic carbocycles. The Kier molecular flexibility index (Phi) is 8.15. The number of ether oxygens (including phenoxy) is 1. The Labute approximate surface area is 156 Å². The molecule has 0 fully saturated rings. The predicted molar refractivity (Wildman–Crippen MR) is 104 cm³/mol. The van der Waals surface area contributed by atoms with Crippen molar-refractivity contribution in [3.05, 3.63) is 59.9 Å². The third kappa shape index (κ3) is 6.63. The zero-order valence-corrected chi connectivity index (χ0v) is 16.0. The van der Waals surface area contributed by atoms with Crippen LogP contribution in [0.15, 0.2) is 53.4 Å². The van der Waals surface area contributed by atoms with Gasteiger partial charge in [0.1, 0.15) is 11.6 Å². The van der Waals surface area contributed by atoms with Gasteiger partial charge in [-0.2, -0.15) is 11.8 Å². The van der Waals surface area contributed by atoms with E-state index < -0.39 is 0 Å². The van der Waals surface area contributed by atoms with Gasteiger partial charge in [-0.3, -0.25) is 4.79 Å². The number of rotatable bonds is 9. The number of benzene rings is 2. The van der Waals surface area contributed by atoms with E-state index in [0.29, 0.717) is 17.9 Å². The lowest BCUT2D eigenvalue weighted by Gasteiger charge is -2.12. The monoisotopic (exact) mass is 379 g/mol. The van der Waals surface area contributed by atoms with Gasteiger partial charge in [0, 0.05) is 22.9 Å². The summed E-state index contributed by atoms with van der Waals surface area (Å²) in [5.74, 6) is 1.99. The molecule has 0 saturated heterocycles. The first-order valence-corrected chi connectivity index (χ1v) is 10.0. The molecule has 1 amide bonds. The Bertz CT molecular complexity index is 679. The highest BCUT2D eigenvalue weighted by Crippen LogP contribution is 2.25. The zero-order valence-electron chi connectivity index (χ0n) is 14.3. The van der Waals surface area contributed by atoms with Crippen LogP contribution in [0.5, 0.6) is 5.75 Å². The van der Waals surface area contributed by atoms with E-state index in [1.54, 1.807) is 31.0 Å². The molecule has 25 heavy (non-hydrogen) atoms. The molecule has 0 aliphatic heterocycles. The molecule has 0 aromatic heterocycles. The molecule has 0 radical (unpaired) electrons. The highest BCUT2D eigenvalue weighted by atomic mass is 32.2. The van der Waals surface area contributed by atoms with Crippen LogP contribution in [0.1, 0.15) is 12.5 Å². The topological polar surface area (TPSA) is 38.3 Å². The molecule has 0 bridgehead atoms. The molecule has 2 aromatic carbocycles. The van der Waals surface area contributed by atoms with Crippen LogP contribution in [0.3, 0.4) is 0 Å². The average Bonchev–Trinajstić information content (AvgIpc) is 2.63. The number of halogens is 1. The number of hydrogen-bond acceptors (Lipinski definition) is 4. The van der Waals surface area contributed by atoms with Crippen LogP contribution < -0.4 is 10.1 Å². The first-order chi connectivity index (χ1) is 12.1. The van der Waals surface area contributed by atoms with Crippen LogP contribution >= 0.6 is 23.5 Å². The standard InChI is InChI=1S/C19H22FNO2S2/c1-14(25-17-9-7-16(23-2)8-10-17)19(22)21-11-12-24-13-15-5-3-4-6-18(15)20/h3-10,14H,11-13H2,1-2H3,(H,21,22). The molecule has 134 valence electrons. The van der Waals surface area contributed by atoms with E-state index in [0.717, 1.165) is 16.4 Å². The molecular weight excluding hydrogens is 357 g/mol. The summed E-state index contributed by atoms with van der Waals surface area (Å²) in [7, 11) is 1.63. The van der Waals surface area contributed by atoms with E-state index in [1.807, 2.05) is 37.3 Å². The van der Waals surface area contributed by atoms with Gasteiger partial charge in [-0.15, -0.1) is 11.8 Å².